The summed E-state index contributed by atoms with van der Waals surface area (Å²) in [6.45, 7) is 2.98. The molecule has 1 unspecified atom stereocenters. The van der Waals surface area contributed by atoms with Crippen LogP contribution in [0.25, 0.3) is 0 Å². The van der Waals surface area contributed by atoms with Gasteiger partial charge in [0.25, 0.3) is 0 Å². The van der Waals surface area contributed by atoms with Gasteiger partial charge in [-0.1, -0.05) is 58.3 Å². The lowest BCUT2D eigenvalue weighted by atomic mass is 10.1. The van der Waals surface area contributed by atoms with Gasteiger partial charge in [0.1, 0.15) is 0 Å². The average molecular weight is 274 g/mol. The van der Waals surface area contributed by atoms with Crippen molar-refractivity contribution >= 4 is 5.97 Å². The molecule has 1 atom stereocenters. The third-order valence-corrected chi connectivity index (χ3v) is 3.11. The van der Waals surface area contributed by atoms with Gasteiger partial charge in [-0.2, -0.15) is 0 Å². The van der Waals surface area contributed by atoms with Crippen molar-refractivity contribution in [3.63, 3.8) is 0 Å². The van der Waals surface area contributed by atoms with Gasteiger partial charge in [0, 0.05) is 6.61 Å². The topological polar surface area (TPSA) is 66.8 Å². The maximum Gasteiger partial charge on any atom is 0.306 e. The number of hydrogen-bond acceptors (Lipinski definition) is 3. The number of carbonyl (C=O) groups is 1. The van der Waals surface area contributed by atoms with E-state index in [0.717, 1.165) is 12.8 Å². The Bertz CT molecular complexity index is 206. The molecule has 114 valence electrons. The maximum absolute atomic E-state index is 10.3. The number of aliphatic carboxylic acids is 1. The zero-order chi connectivity index (χ0) is 14.3. The SMILES string of the molecule is CCCCCCCCCCCOCC(O)CC(=O)O. The largest absolute Gasteiger partial charge is 0.481 e. The van der Waals surface area contributed by atoms with E-state index < -0.39 is 12.1 Å². The Kier molecular flexibility index (Phi) is 13.4. The number of ether oxygens (including phenoxy) is 1. The van der Waals surface area contributed by atoms with Gasteiger partial charge in [-0.25, -0.2) is 0 Å². The van der Waals surface area contributed by atoms with E-state index in [0.29, 0.717) is 6.61 Å². The number of carboxylic acid groups (broad SMARTS) is 1. The lowest BCUT2D eigenvalue weighted by molar-refractivity contribution is -0.140. The second-order valence-corrected chi connectivity index (χ2v) is 5.16. The number of aliphatic hydroxyl groups excluding tert-OH is 1. The molecule has 0 aliphatic rings. The van der Waals surface area contributed by atoms with Crippen molar-refractivity contribution in [3.8, 4) is 0 Å². The van der Waals surface area contributed by atoms with Crippen LogP contribution in [0.4, 0.5) is 0 Å². The molecule has 4 heteroatoms. The molecule has 0 aliphatic heterocycles. The quantitative estimate of drug-likeness (QED) is 0.477. The Hall–Kier alpha value is -0.610. The van der Waals surface area contributed by atoms with Crippen molar-refractivity contribution in [2.75, 3.05) is 13.2 Å². The molecule has 0 radical (unpaired) electrons. The lowest BCUT2D eigenvalue weighted by Gasteiger charge is -2.08. The molecule has 0 aromatic carbocycles. The lowest BCUT2D eigenvalue weighted by Crippen LogP contribution is -2.19. The number of rotatable bonds is 14. The van der Waals surface area contributed by atoms with Gasteiger partial charge in [0.05, 0.1) is 19.1 Å². The van der Waals surface area contributed by atoms with E-state index in [9.17, 15) is 9.90 Å². The average Bonchev–Trinajstić information content (AvgIpc) is 2.35. The van der Waals surface area contributed by atoms with E-state index in [1.165, 1.54) is 44.9 Å². The molecule has 2 N–H and O–H groups in total. The molecule has 0 rings (SSSR count). The molecule has 0 aromatic heterocycles. The summed E-state index contributed by atoms with van der Waals surface area (Å²) in [5.74, 6) is -0.987. The molecule has 0 spiro atoms. The first kappa shape index (κ1) is 18.4. The van der Waals surface area contributed by atoms with Crippen molar-refractivity contribution in [2.45, 2.75) is 77.2 Å². The summed E-state index contributed by atoms with van der Waals surface area (Å²) in [6, 6.07) is 0. The molecule has 0 saturated heterocycles. The summed E-state index contributed by atoms with van der Waals surface area (Å²) in [7, 11) is 0. The summed E-state index contributed by atoms with van der Waals surface area (Å²) in [5, 5.41) is 17.7. The molecule has 0 aromatic rings. The van der Waals surface area contributed by atoms with Crippen LogP contribution in [0.15, 0.2) is 0 Å². The number of carboxylic acids is 1. The van der Waals surface area contributed by atoms with Crippen LogP contribution in [0.5, 0.6) is 0 Å². The highest BCUT2D eigenvalue weighted by atomic mass is 16.5. The van der Waals surface area contributed by atoms with E-state index in [1.807, 2.05) is 0 Å². The second-order valence-electron chi connectivity index (χ2n) is 5.16. The zero-order valence-electron chi connectivity index (χ0n) is 12.3. The van der Waals surface area contributed by atoms with E-state index in [-0.39, 0.29) is 13.0 Å². The van der Waals surface area contributed by atoms with E-state index in [1.54, 1.807) is 0 Å². The smallest absolute Gasteiger partial charge is 0.306 e. The van der Waals surface area contributed by atoms with Crippen molar-refractivity contribution in [2.24, 2.45) is 0 Å². The molecule has 0 heterocycles. The number of aliphatic hydroxyl groups is 1. The van der Waals surface area contributed by atoms with Gasteiger partial charge in [0.15, 0.2) is 0 Å². The first-order valence-corrected chi connectivity index (χ1v) is 7.64. The fraction of sp³-hybridized carbons (Fsp3) is 0.933. The summed E-state index contributed by atoms with van der Waals surface area (Å²) >= 11 is 0. The van der Waals surface area contributed by atoms with Crippen LogP contribution < -0.4 is 0 Å². The fourth-order valence-corrected chi connectivity index (χ4v) is 1.99. The van der Waals surface area contributed by atoms with Crippen LogP contribution in [0.2, 0.25) is 0 Å². The molecule has 0 amide bonds. The van der Waals surface area contributed by atoms with Crippen molar-refractivity contribution in [3.05, 3.63) is 0 Å². The van der Waals surface area contributed by atoms with Crippen molar-refractivity contribution < 1.29 is 19.7 Å². The van der Waals surface area contributed by atoms with Crippen LogP contribution in [0, 0.1) is 0 Å². The van der Waals surface area contributed by atoms with Gasteiger partial charge in [-0.15, -0.1) is 0 Å². The van der Waals surface area contributed by atoms with Crippen LogP contribution in [-0.2, 0) is 9.53 Å². The molecule has 4 nitrogen and oxygen atoms in total. The minimum atomic E-state index is -0.987. The molecular formula is C15H30O4. The van der Waals surface area contributed by atoms with E-state index >= 15 is 0 Å². The van der Waals surface area contributed by atoms with Crippen LogP contribution in [0.3, 0.4) is 0 Å². The summed E-state index contributed by atoms with van der Waals surface area (Å²) in [4.78, 5) is 10.3. The molecular weight excluding hydrogens is 244 g/mol. The van der Waals surface area contributed by atoms with Gasteiger partial charge >= 0.3 is 5.97 Å². The molecule has 0 bridgehead atoms. The molecule has 0 aliphatic carbocycles. The van der Waals surface area contributed by atoms with Gasteiger partial charge in [0.2, 0.25) is 0 Å². The third-order valence-electron chi connectivity index (χ3n) is 3.11. The van der Waals surface area contributed by atoms with Gasteiger partial charge in [-0.3, -0.25) is 4.79 Å². The predicted molar refractivity (Wildman–Crippen MR) is 76.3 cm³/mol. The Morgan fingerprint density at radius 2 is 1.53 bits per heavy atom. The highest BCUT2D eigenvalue weighted by molar-refractivity contribution is 5.67. The van der Waals surface area contributed by atoms with Crippen molar-refractivity contribution in [1.29, 1.82) is 0 Å². The van der Waals surface area contributed by atoms with Gasteiger partial charge < -0.3 is 14.9 Å². The normalized spacial score (nSPS) is 12.5. The Morgan fingerprint density at radius 1 is 1.00 bits per heavy atom. The third kappa shape index (κ3) is 15.3. The van der Waals surface area contributed by atoms with Crippen LogP contribution in [-0.4, -0.2) is 35.5 Å². The predicted octanol–water partition coefficient (Wildman–Crippen LogP) is 3.37. The molecule has 19 heavy (non-hydrogen) atoms. The Labute approximate surface area is 117 Å². The summed E-state index contributed by atoms with van der Waals surface area (Å²) < 4.78 is 5.24. The van der Waals surface area contributed by atoms with E-state index in [4.69, 9.17) is 9.84 Å². The molecule has 0 saturated carbocycles. The number of unbranched alkanes of at least 4 members (excludes halogenated alkanes) is 8. The zero-order valence-corrected chi connectivity index (χ0v) is 12.3. The van der Waals surface area contributed by atoms with Gasteiger partial charge in [-0.05, 0) is 6.42 Å². The van der Waals surface area contributed by atoms with E-state index in [2.05, 4.69) is 6.92 Å². The highest BCUT2D eigenvalue weighted by Gasteiger charge is 2.08. The minimum Gasteiger partial charge on any atom is -0.481 e. The Morgan fingerprint density at radius 3 is 2.05 bits per heavy atom. The molecule has 0 fully saturated rings. The highest BCUT2D eigenvalue weighted by Crippen LogP contribution is 2.09. The summed E-state index contributed by atoms with van der Waals surface area (Å²) in [5.41, 5.74) is 0. The second kappa shape index (κ2) is 13.8. The summed E-state index contributed by atoms with van der Waals surface area (Å²) in [6.07, 6.45) is 10.3. The van der Waals surface area contributed by atoms with Crippen molar-refractivity contribution in [1.82, 2.24) is 0 Å². The first-order valence-electron chi connectivity index (χ1n) is 7.64. The first-order chi connectivity index (χ1) is 9.16. The Balaban J connectivity index is 3.08. The maximum atomic E-state index is 10.3. The van der Waals surface area contributed by atoms with Crippen LogP contribution >= 0.6 is 0 Å². The monoisotopic (exact) mass is 274 g/mol. The number of hydrogen-bond donors (Lipinski definition) is 2. The van der Waals surface area contributed by atoms with Crippen LogP contribution in [0.1, 0.15) is 71.1 Å². The standard InChI is InChI=1S/C15H30O4/c1-2-3-4-5-6-7-8-9-10-11-19-13-14(16)12-15(17)18/h14,16H,2-13H2,1H3,(H,17,18). The minimum absolute atomic E-state index is 0.128. The fourth-order valence-electron chi connectivity index (χ4n) is 1.99.